The summed E-state index contributed by atoms with van der Waals surface area (Å²) in [6.07, 6.45) is 1.60. The summed E-state index contributed by atoms with van der Waals surface area (Å²) in [5.41, 5.74) is 8.40. The Kier molecular flexibility index (Phi) is 5.44. The molecular formula is C17H21NO3S. The minimum Gasteiger partial charge on any atom is -0.497 e. The van der Waals surface area contributed by atoms with Crippen molar-refractivity contribution in [3.63, 3.8) is 0 Å². The number of aryl methyl sites for hydroxylation is 1. The number of rotatable bonds is 6. The number of ether oxygens (including phenoxy) is 2. The van der Waals surface area contributed by atoms with Gasteiger partial charge in [-0.05, 0) is 30.5 Å². The van der Waals surface area contributed by atoms with E-state index in [1.54, 1.807) is 7.11 Å². The SMILES string of the molecule is CCCOC(=O)c1c(N)sc(CC)c1-c1ccc(OC)cc1. The lowest BCUT2D eigenvalue weighted by Gasteiger charge is -2.09. The number of anilines is 1. The maximum Gasteiger partial charge on any atom is 0.341 e. The van der Waals surface area contributed by atoms with E-state index in [4.69, 9.17) is 15.2 Å². The highest BCUT2D eigenvalue weighted by Gasteiger charge is 2.23. The van der Waals surface area contributed by atoms with E-state index in [-0.39, 0.29) is 5.97 Å². The van der Waals surface area contributed by atoms with Crippen LogP contribution in [0.1, 0.15) is 35.5 Å². The standard InChI is InChI=1S/C17H21NO3S/c1-4-10-21-17(19)15-14(13(5-2)22-16(15)18)11-6-8-12(20-3)9-7-11/h6-9H,4-5,10,18H2,1-3H3. The van der Waals surface area contributed by atoms with Gasteiger partial charge < -0.3 is 15.2 Å². The summed E-state index contributed by atoms with van der Waals surface area (Å²) < 4.78 is 10.5. The van der Waals surface area contributed by atoms with Crippen molar-refractivity contribution in [2.24, 2.45) is 0 Å². The number of thiophene rings is 1. The quantitative estimate of drug-likeness (QED) is 0.813. The minimum atomic E-state index is -0.346. The van der Waals surface area contributed by atoms with Gasteiger partial charge in [-0.2, -0.15) is 0 Å². The lowest BCUT2D eigenvalue weighted by atomic mass is 10.00. The Morgan fingerprint density at radius 3 is 2.45 bits per heavy atom. The van der Waals surface area contributed by atoms with Gasteiger partial charge in [0.25, 0.3) is 0 Å². The van der Waals surface area contributed by atoms with Crippen LogP contribution in [0.2, 0.25) is 0 Å². The van der Waals surface area contributed by atoms with E-state index < -0.39 is 0 Å². The van der Waals surface area contributed by atoms with E-state index in [2.05, 4.69) is 6.92 Å². The van der Waals surface area contributed by atoms with Crippen LogP contribution in [0.25, 0.3) is 11.1 Å². The summed E-state index contributed by atoms with van der Waals surface area (Å²) in [5, 5.41) is 0.517. The molecule has 0 saturated heterocycles. The van der Waals surface area contributed by atoms with Crippen LogP contribution < -0.4 is 10.5 Å². The number of nitrogens with two attached hydrogens (primary N) is 1. The second-order valence-electron chi connectivity index (χ2n) is 4.86. The van der Waals surface area contributed by atoms with Crippen molar-refractivity contribution in [1.82, 2.24) is 0 Å². The molecular weight excluding hydrogens is 298 g/mol. The second kappa shape index (κ2) is 7.31. The van der Waals surface area contributed by atoms with Gasteiger partial charge in [0, 0.05) is 10.4 Å². The van der Waals surface area contributed by atoms with E-state index in [9.17, 15) is 4.79 Å². The van der Waals surface area contributed by atoms with Gasteiger partial charge in [-0.25, -0.2) is 4.79 Å². The van der Waals surface area contributed by atoms with Gasteiger partial charge in [0.2, 0.25) is 0 Å². The highest BCUT2D eigenvalue weighted by atomic mass is 32.1. The first-order valence-corrected chi connectivity index (χ1v) is 8.16. The molecule has 1 aromatic heterocycles. The number of hydrogen-bond donors (Lipinski definition) is 1. The average molecular weight is 319 g/mol. The van der Waals surface area contributed by atoms with Crippen LogP contribution in [0.4, 0.5) is 5.00 Å². The summed E-state index contributed by atoms with van der Waals surface area (Å²) in [6, 6.07) is 7.64. The Morgan fingerprint density at radius 2 is 1.91 bits per heavy atom. The zero-order chi connectivity index (χ0) is 16.1. The molecule has 0 atom stereocenters. The molecule has 0 unspecified atom stereocenters. The topological polar surface area (TPSA) is 61.5 Å². The summed E-state index contributed by atoms with van der Waals surface area (Å²) in [4.78, 5) is 13.4. The third-order valence-corrected chi connectivity index (χ3v) is 4.51. The van der Waals surface area contributed by atoms with Gasteiger partial charge in [0.15, 0.2) is 0 Å². The molecule has 0 fully saturated rings. The first-order valence-electron chi connectivity index (χ1n) is 7.35. The lowest BCUT2D eigenvalue weighted by Crippen LogP contribution is -2.08. The van der Waals surface area contributed by atoms with Crippen molar-refractivity contribution < 1.29 is 14.3 Å². The summed E-state index contributed by atoms with van der Waals surface area (Å²) in [5.74, 6) is 0.432. The molecule has 0 aliphatic heterocycles. The number of esters is 1. The van der Waals surface area contributed by atoms with Gasteiger partial charge in [-0.1, -0.05) is 26.0 Å². The molecule has 0 aliphatic rings. The molecule has 0 radical (unpaired) electrons. The molecule has 0 aliphatic carbocycles. The molecule has 0 amide bonds. The molecule has 2 N–H and O–H groups in total. The van der Waals surface area contributed by atoms with Crippen LogP contribution in [0.5, 0.6) is 5.75 Å². The molecule has 2 aromatic rings. The van der Waals surface area contributed by atoms with Crippen LogP contribution >= 0.6 is 11.3 Å². The molecule has 1 heterocycles. The predicted octanol–water partition coefficient (Wildman–Crippen LogP) is 4.14. The van der Waals surface area contributed by atoms with Gasteiger partial charge in [-0.15, -0.1) is 11.3 Å². The molecule has 0 bridgehead atoms. The number of carbonyl (C=O) groups excluding carboxylic acids is 1. The van der Waals surface area contributed by atoms with Crippen LogP contribution in [0, 0.1) is 0 Å². The zero-order valence-electron chi connectivity index (χ0n) is 13.1. The Hall–Kier alpha value is -2.01. The maximum absolute atomic E-state index is 12.4. The van der Waals surface area contributed by atoms with Crippen molar-refractivity contribution in [3.8, 4) is 16.9 Å². The fourth-order valence-corrected chi connectivity index (χ4v) is 3.30. The van der Waals surface area contributed by atoms with Gasteiger partial charge in [0.05, 0.1) is 13.7 Å². The molecule has 0 saturated carbocycles. The fourth-order valence-electron chi connectivity index (χ4n) is 2.28. The number of hydrogen-bond acceptors (Lipinski definition) is 5. The number of nitrogen functional groups attached to an aromatic ring is 1. The van der Waals surface area contributed by atoms with E-state index in [0.29, 0.717) is 17.2 Å². The van der Waals surface area contributed by atoms with Crippen molar-refractivity contribution >= 4 is 22.3 Å². The zero-order valence-corrected chi connectivity index (χ0v) is 14.0. The molecule has 22 heavy (non-hydrogen) atoms. The second-order valence-corrected chi connectivity index (χ2v) is 5.99. The van der Waals surface area contributed by atoms with Gasteiger partial charge in [0.1, 0.15) is 16.3 Å². The first-order chi connectivity index (χ1) is 10.6. The highest BCUT2D eigenvalue weighted by Crippen LogP contribution is 2.39. The largest absolute Gasteiger partial charge is 0.497 e. The van der Waals surface area contributed by atoms with Crippen molar-refractivity contribution in [2.75, 3.05) is 19.5 Å². The Morgan fingerprint density at radius 1 is 1.23 bits per heavy atom. The third-order valence-electron chi connectivity index (χ3n) is 3.35. The normalized spacial score (nSPS) is 10.5. The Labute approximate surface area is 134 Å². The number of benzene rings is 1. The van der Waals surface area contributed by atoms with Gasteiger partial charge in [-0.3, -0.25) is 0 Å². The van der Waals surface area contributed by atoms with Crippen molar-refractivity contribution in [2.45, 2.75) is 26.7 Å². The monoisotopic (exact) mass is 319 g/mol. The van der Waals surface area contributed by atoms with Crippen molar-refractivity contribution in [3.05, 3.63) is 34.7 Å². The van der Waals surface area contributed by atoms with Gasteiger partial charge >= 0.3 is 5.97 Å². The molecule has 5 heteroatoms. The fraction of sp³-hybridized carbons (Fsp3) is 0.353. The van der Waals surface area contributed by atoms with E-state index in [1.165, 1.54) is 11.3 Å². The van der Waals surface area contributed by atoms with Crippen LogP contribution in [0.15, 0.2) is 24.3 Å². The Bertz CT molecular complexity index is 647. The van der Waals surface area contributed by atoms with E-state index in [1.807, 2.05) is 31.2 Å². The third kappa shape index (κ3) is 3.25. The summed E-state index contributed by atoms with van der Waals surface area (Å²) >= 11 is 1.45. The Balaban J connectivity index is 2.49. The summed E-state index contributed by atoms with van der Waals surface area (Å²) in [6.45, 7) is 4.42. The number of methoxy groups -OCH3 is 1. The van der Waals surface area contributed by atoms with Crippen LogP contribution in [-0.2, 0) is 11.2 Å². The van der Waals surface area contributed by atoms with Crippen LogP contribution in [0.3, 0.4) is 0 Å². The predicted molar refractivity (Wildman–Crippen MR) is 90.7 cm³/mol. The van der Waals surface area contributed by atoms with Crippen LogP contribution in [-0.4, -0.2) is 19.7 Å². The molecule has 0 spiro atoms. The molecule has 4 nitrogen and oxygen atoms in total. The van der Waals surface area contributed by atoms with Crippen molar-refractivity contribution in [1.29, 1.82) is 0 Å². The van der Waals surface area contributed by atoms with E-state index >= 15 is 0 Å². The molecule has 2 rings (SSSR count). The maximum atomic E-state index is 12.4. The smallest absolute Gasteiger partial charge is 0.341 e. The highest BCUT2D eigenvalue weighted by molar-refractivity contribution is 7.17. The summed E-state index contributed by atoms with van der Waals surface area (Å²) in [7, 11) is 1.63. The lowest BCUT2D eigenvalue weighted by molar-refractivity contribution is 0.0507. The first kappa shape index (κ1) is 16.4. The number of carbonyl (C=O) groups is 1. The average Bonchev–Trinajstić information content (AvgIpc) is 2.89. The minimum absolute atomic E-state index is 0.346. The van der Waals surface area contributed by atoms with E-state index in [0.717, 1.165) is 34.6 Å². The molecule has 1 aromatic carbocycles. The molecule has 118 valence electrons.